The summed E-state index contributed by atoms with van der Waals surface area (Å²) in [5, 5.41) is 4.14. The number of H-pyrrole nitrogens is 1. The van der Waals surface area contributed by atoms with Gasteiger partial charge in [0, 0.05) is 34.1 Å². The van der Waals surface area contributed by atoms with Crippen LogP contribution in [0.25, 0.3) is 22.0 Å². The Hall–Kier alpha value is -2.92. The summed E-state index contributed by atoms with van der Waals surface area (Å²) >= 11 is 0. The molecule has 2 N–H and O–H groups in total. The molecule has 0 saturated carbocycles. The van der Waals surface area contributed by atoms with Crippen LogP contribution < -0.4 is 10.9 Å². The summed E-state index contributed by atoms with van der Waals surface area (Å²) in [7, 11) is 4.06. The Bertz CT molecular complexity index is 1070. The minimum absolute atomic E-state index is 0.00399. The average Bonchev–Trinajstić information content (AvgIpc) is 2.63. The first-order valence-corrected chi connectivity index (χ1v) is 8.79. The number of hydrogen-bond donors (Lipinski definition) is 2. The minimum atomic E-state index is -0.154. The van der Waals surface area contributed by atoms with E-state index in [1.54, 1.807) is 0 Å². The Morgan fingerprint density at radius 2 is 1.69 bits per heavy atom. The highest BCUT2D eigenvalue weighted by molar-refractivity contribution is 6.26. The summed E-state index contributed by atoms with van der Waals surface area (Å²) in [6.07, 6.45) is 0.923. The van der Waals surface area contributed by atoms with Crippen LogP contribution in [0, 0.1) is 0 Å². The SMILES string of the molecule is CN(C)CCCNc1c2c3c(cccc3[nH]c1=O)C(=O)c1ccccc1-2. The van der Waals surface area contributed by atoms with Crippen LogP contribution in [0.1, 0.15) is 22.3 Å². The molecule has 132 valence electrons. The van der Waals surface area contributed by atoms with Gasteiger partial charge in [0.1, 0.15) is 5.69 Å². The van der Waals surface area contributed by atoms with Gasteiger partial charge in [-0.15, -0.1) is 0 Å². The highest BCUT2D eigenvalue weighted by Gasteiger charge is 2.28. The molecule has 5 heteroatoms. The second kappa shape index (κ2) is 6.42. The standard InChI is InChI=1S/C21H21N3O2/c1-24(2)12-6-11-22-19-18-13-7-3-4-8-14(13)20(25)15-9-5-10-16(17(15)18)23-21(19)26/h3-5,7-10,22H,6,11-12H2,1-2H3,(H,23,26). The number of aromatic nitrogens is 1. The first-order valence-electron chi connectivity index (χ1n) is 8.79. The third kappa shape index (κ3) is 2.61. The maximum atomic E-state index is 12.9. The molecule has 1 heterocycles. The number of anilines is 1. The molecule has 0 saturated heterocycles. The molecular formula is C21H21N3O2. The highest BCUT2D eigenvalue weighted by Crippen LogP contribution is 2.41. The van der Waals surface area contributed by atoms with Gasteiger partial charge in [-0.3, -0.25) is 9.59 Å². The quantitative estimate of drug-likeness (QED) is 0.545. The molecule has 26 heavy (non-hydrogen) atoms. The summed E-state index contributed by atoms with van der Waals surface area (Å²) < 4.78 is 0. The fourth-order valence-corrected chi connectivity index (χ4v) is 3.63. The molecule has 5 nitrogen and oxygen atoms in total. The van der Waals surface area contributed by atoms with Crippen LogP contribution in [-0.2, 0) is 0 Å². The number of ketones is 1. The van der Waals surface area contributed by atoms with Gasteiger partial charge >= 0.3 is 0 Å². The number of nitrogens with zero attached hydrogens (tertiary/aromatic N) is 1. The van der Waals surface area contributed by atoms with Gasteiger partial charge in [-0.25, -0.2) is 0 Å². The van der Waals surface area contributed by atoms with E-state index in [2.05, 4.69) is 15.2 Å². The lowest BCUT2D eigenvalue weighted by atomic mass is 9.83. The smallest absolute Gasteiger partial charge is 0.272 e. The third-order valence-corrected chi connectivity index (χ3v) is 4.81. The van der Waals surface area contributed by atoms with E-state index < -0.39 is 0 Å². The number of carbonyl (C=O) groups is 1. The predicted octanol–water partition coefficient (Wildman–Crippen LogP) is 3.10. The van der Waals surface area contributed by atoms with Gasteiger partial charge in [-0.1, -0.05) is 36.4 Å². The van der Waals surface area contributed by atoms with Crippen LogP contribution in [0.15, 0.2) is 47.3 Å². The number of fused-ring (bicyclic) bond motifs is 2. The minimum Gasteiger partial charge on any atom is -0.380 e. The Morgan fingerprint density at radius 3 is 2.46 bits per heavy atom. The highest BCUT2D eigenvalue weighted by atomic mass is 16.1. The zero-order valence-corrected chi connectivity index (χ0v) is 14.9. The zero-order valence-electron chi connectivity index (χ0n) is 14.9. The Labute approximate surface area is 151 Å². The van der Waals surface area contributed by atoms with E-state index >= 15 is 0 Å². The molecule has 1 aliphatic carbocycles. The van der Waals surface area contributed by atoms with Gasteiger partial charge in [0.15, 0.2) is 5.78 Å². The van der Waals surface area contributed by atoms with E-state index in [1.807, 2.05) is 56.6 Å². The second-order valence-electron chi connectivity index (χ2n) is 6.89. The number of carbonyl (C=O) groups excluding carboxylic acids is 1. The topological polar surface area (TPSA) is 65.2 Å². The first-order chi connectivity index (χ1) is 12.6. The number of benzene rings is 2. The van der Waals surface area contributed by atoms with Gasteiger partial charge < -0.3 is 15.2 Å². The molecular weight excluding hydrogens is 326 g/mol. The first kappa shape index (κ1) is 16.5. The summed E-state index contributed by atoms with van der Waals surface area (Å²) in [5.74, 6) is 0.00399. The van der Waals surface area contributed by atoms with E-state index in [-0.39, 0.29) is 11.3 Å². The molecule has 3 aromatic rings. The monoisotopic (exact) mass is 347 g/mol. The van der Waals surface area contributed by atoms with Crippen LogP contribution in [0.3, 0.4) is 0 Å². The van der Waals surface area contributed by atoms with E-state index in [4.69, 9.17) is 0 Å². The Morgan fingerprint density at radius 1 is 0.962 bits per heavy atom. The van der Waals surface area contributed by atoms with Crippen molar-refractivity contribution in [2.24, 2.45) is 0 Å². The van der Waals surface area contributed by atoms with Crippen molar-refractivity contribution >= 4 is 22.4 Å². The molecule has 4 rings (SSSR count). The van der Waals surface area contributed by atoms with Gasteiger partial charge in [0.25, 0.3) is 5.56 Å². The molecule has 0 fully saturated rings. The van der Waals surface area contributed by atoms with Gasteiger partial charge in [0.2, 0.25) is 0 Å². The number of pyridine rings is 1. The maximum absolute atomic E-state index is 12.9. The van der Waals surface area contributed by atoms with Gasteiger partial charge in [-0.05, 0) is 38.7 Å². The van der Waals surface area contributed by atoms with E-state index in [9.17, 15) is 9.59 Å². The zero-order chi connectivity index (χ0) is 18.3. The lowest BCUT2D eigenvalue weighted by Gasteiger charge is -2.22. The van der Waals surface area contributed by atoms with E-state index in [0.717, 1.165) is 29.5 Å². The molecule has 1 aliphatic rings. The van der Waals surface area contributed by atoms with Crippen LogP contribution in [0.2, 0.25) is 0 Å². The fraction of sp³-hybridized carbons (Fsp3) is 0.238. The maximum Gasteiger partial charge on any atom is 0.272 e. The Kier molecular flexibility index (Phi) is 4.09. The summed E-state index contributed by atoms with van der Waals surface area (Å²) in [4.78, 5) is 30.7. The van der Waals surface area contributed by atoms with E-state index in [0.29, 0.717) is 28.9 Å². The predicted molar refractivity (Wildman–Crippen MR) is 105 cm³/mol. The van der Waals surface area contributed by atoms with Gasteiger partial charge in [0.05, 0.1) is 0 Å². The summed E-state index contributed by atoms with van der Waals surface area (Å²) in [6.45, 7) is 1.63. The lowest BCUT2D eigenvalue weighted by molar-refractivity contribution is 0.104. The number of rotatable bonds is 5. The molecule has 0 aliphatic heterocycles. The molecule has 0 bridgehead atoms. The number of nitrogens with one attached hydrogen (secondary N) is 2. The largest absolute Gasteiger partial charge is 0.380 e. The van der Waals surface area contributed by atoms with Crippen molar-refractivity contribution in [3.63, 3.8) is 0 Å². The van der Waals surface area contributed by atoms with Crippen LogP contribution >= 0.6 is 0 Å². The molecule has 0 amide bonds. The average molecular weight is 347 g/mol. The van der Waals surface area contributed by atoms with Crippen molar-refractivity contribution in [2.45, 2.75) is 6.42 Å². The molecule has 0 atom stereocenters. The normalized spacial score (nSPS) is 12.5. The van der Waals surface area contributed by atoms with Crippen LogP contribution in [0.4, 0.5) is 5.69 Å². The van der Waals surface area contributed by atoms with Crippen molar-refractivity contribution in [1.29, 1.82) is 0 Å². The number of hydrogen-bond acceptors (Lipinski definition) is 4. The van der Waals surface area contributed by atoms with E-state index in [1.165, 1.54) is 0 Å². The summed E-state index contributed by atoms with van der Waals surface area (Å²) in [5.41, 5.74) is 4.03. The molecule has 1 aromatic heterocycles. The Balaban J connectivity index is 1.92. The molecule has 0 radical (unpaired) electrons. The number of aromatic amines is 1. The van der Waals surface area contributed by atoms with Crippen molar-refractivity contribution in [3.05, 3.63) is 63.9 Å². The molecule has 0 unspecified atom stereocenters. The summed E-state index contributed by atoms with van der Waals surface area (Å²) in [6, 6.07) is 13.0. The third-order valence-electron chi connectivity index (χ3n) is 4.81. The van der Waals surface area contributed by atoms with Crippen molar-refractivity contribution in [2.75, 3.05) is 32.5 Å². The van der Waals surface area contributed by atoms with Crippen molar-refractivity contribution < 1.29 is 4.79 Å². The molecule has 2 aromatic carbocycles. The van der Waals surface area contributed by atoms with Crippen LogP contribution in [0.5, 0.6) is 0 Å². The fourth-order valence-electron chi connectivity index (χ4n) is 3.63. The second-order valence-corrected chi connectivity index (χ2v) is 6.89. The lowest BCUT2D eigenvalue weighted by Crippen LogP contribution is -2.22. The van der Waals surface area contributed by atoms with Crippen molar-refractivity contribution in [1.82, 2.24) is 9.88 Å². The van der Waals surface area contributed by atoms with Crippen LogP contribution in [-0.4, -0.2) is 42.9 Å². The van der Waals surface area contributed by atoms with Crippen molar-refractivity contribution in [3.8, 4) is 11.1 Å². The van der Waals surface area contributed by atoms with Gasteiger partial charge in [-0.2, -0.15) is 0 Å². The molecule has 0 spiro atoms.